The first-order chi connectivity index (χ1) is 26.0. The van der Waals surface area contributed by atoms with Crippen LogP contribution in [0.5, 0.6) is 0 Å². The molecule has 55 heavy (non-hydrogen) atoms. The highest BCUT2D eigenvalue weighted by Crippen LogP contribution is 2.32. The summed E-state index contributed by atoms with van der Waals surface area (Å²) in [5.74, 6) is 2.13. The zero-order valence-corrected chi connectivity index (χ0v) is 36.4. The number of amidine groups is 2. The van der Waals surface area contributed by atoms with E-state index < -0.39 is 0 Å². The molecule has 0 unspecified atom stereocenters. The SMILES string of the molecule is CC1=C(C)N(C)CN1C.CC1=NN(C)CN1C.CN1C=CN(C)C1.CN1C=NN(C)C1.CN1CN(C)C(c2ccccc2)=N1.CN1CN(C)c2ccccc21. The number of nitrogens with zero attached hydrogens (tertiary/aromatic N) is 15. The minimum absolute atomic E-state index is 0.865. The van der Waals surface area contributed by atoms with Gasteiger partial charge in [-0.1, -0.05) is 42.5 Å². The fourth-order valence-electron chi connectivity index (χ4n) is 6.18. The van der Waals surface area contributed by atoms with Gasteiger partial charge in [0.1, 0.15) is 32.2 Å². The van der Waals surface area contributed by atoms with Crippen LogP contribution in [0.2, 0.25) is 0 Å². The number of hydrogen-bond acceptors (Lipinski definition) is 15. The maximum atomic E-state index is 4.42. The highest BCUT2D eigenvalue weighted by Gasteiger charge is 2.19. The van der Waals surface area contributed by atoms with Gasteiger partial charge >= 0.3 is 0 Å². The Morgan fingerprint density at radius 1 is 0.418 bits per heavy atom. The molecular weight excluding hydrogens is 691 g/mol. The van der Waals surface area contributed by atoms with Crippen molar-refractivity contribution in [2.24, 2.45) is 15.3 Å². The summed E-state index contributed by atoms with van der Waals surface area (Å²) in [7, 11) is 24.5. The van der Waals surface area contributed by atoms with Gasteiger partial charge < -0.3 is 44.1 Å². The molecule has 0 fully saturated rings. The molecular formula is C40H69N15. The Labute approximate surface area is 332 Å². The summed E-state index contributed by atoms with van der Waals surface area (Å²) in [4.78, 5) is 19.5. The lowest BCUT2D eigenvalue weighted by Gasteiger charge is -2.14. The highest BCUT2D eigenvalue weighted by molar-refractivity contribution is 5.99. The van der Waals surface area contributed by atoms with Crippen molar-refractivity contribution in [2.45, 2.75) is 20.8 Å². The van der Waals surface area contributed by atoms with Gasteiger partial charge in [0.2, 0.25) is 0 Å². The van der Waals surface area contributed by atoms with Crippen LogP contribution in [0.3, 0.4) is 0 Å². The Hall–Kier alpha value is -5.47. The second-order valence-corrected chi connectivity index (χ2v) is 14.9. The summed E-state index contributed by atoms with van der Waals surface area (Å²) in [5, 5.41) is 18.2. The fourth-order valence-corrected chi connectivity index (χ4v) is 6.18. The molecule has 304 valence electrons. The average molecular weight is 760 g/mol. The van der Waals surface area contributed by atoms with E-state index in [1.807, 2.05) is 80.3 Å². The molecule has 15 heteroatoms. The average Bonchev–Trinajstić information content (AvgIpc) is 3.98. The Kier molecular flexibility index (Phi) is 16.6. The third kappa shape index (κ3) is 13.7. The quantitative estimate of drug-likeness (QED) is 0.423. The maximum absolute atomic E-state index is 4.42. The molecule has 0 saturated carbocycles. The molecule has 0 amide bonds. The lowest BCUT2D eigenvalue weighted by atomic mass is 10.2. The lowest BCUT2D eigenvalue weighted by molar-refractivity contribution is 0.302. The van der Waals surface area contributed by atoms with Gasteiger partial charge in [0.25, 0.3) is 0 Å². The normalized spacial score (nSPS) is 17.9. The number of anilines is 2. The zero-order valence-electron chi connectivity index (χ0n) is 36.4. The number of hydrogen-bond donors (Lipinski definition) is 0. The second kappa shape index (κ2) is 20.8. The van der Waals surface area contributed by atoms with Crippen LogP contribution in [-0.2, 0) is 0 Å². The van der Waals surface area contributed by atoms with Gasteiger partial charge in [0.15, 0.2) is 5.84 Å². The molecule has 6 aliphatic heterocycles. The Balaban J connectivity index is 0.000000180. The van der Waals surface area contributed by atoms with Crippen LogP contribution in [0.1, 0.15) is 26.3 Å². The second-order valence-electron chi connectivity index (χ2n) is 14.9. The van der Waals surface area contributed by atoms with E-state index in [0.717, 1.165) is 51.7 Å². The van der Waals surface area contributed by atoms with Crippen LogP contribution in [-0.4, -0.2) is 192 Å². The zero-order chi connectivity index (χ0) is 40.8. The number of fused-ring (bicyclic) bond motifs is 1. The summed E-state index contributed by atoms with van der Waals surface area (Å²) in [6.45, 7) is 12.1. The van der Waals surface area contributed by atoms with Gasteiger partial charge in [-0.25, -0.2) is 0 Å². The summed E-state index contributed by atoms with van der Waals surface area (Å²) in [5.41, 5.74) is 6.61. The Bertz CT molecular complexity index is 1540. The van der Waals surface area contributed by atoms with Crippen molar-refractivity contribution in [3.63, 3.8) is 0 Å². The van der Waals surface area contributed by atoms with Crippen molar-refractivity contribution in [2.75, 3.05) is 134 Å². The Morgan fingerprint density at radius 3 is 1.18 bits per heavy atom. The van der Waals surface area contributed by atoms with Crippen molar-refractivity contribution < 1.29 is 0 Å². The van der Waals surface area contributed by atoms with E-state index in [2.05, 4.69) is 166 Å². The topological polar surface area (TPSA) is 76.0 Å². The number of rotatable bonds is 1. The van der Waals surface area contributed by atoms with Gasteiger partial charge in [-0.15, -0.1) is 0 Å². The van der Waals surface area contributed by atoms with Gasteiger partial charge in [0.05, 0.1) is 31.4 Å². The first-order valence-corrected chi connectivity index (χ1v) is 18.7. The van der Waals surface area contributed by atoms with E-state index >= 15 is 0 Å². The van der Waals surface area contributed by atoms with Crippen LogP contribution < -0.4 is 9.80 Å². The molecule has 15 nitrogen and oxygen atoms in total. The summed E-state index contributed by atoms with van der Waals surface area (Å²) < 4.78 is 0. The van der Waals surface area contributed by atoms with E-state index in [4.69, 9.17) is 0 Å². The van der Waals surface area contributed by atoms with E-state index in [9.17, 15) is 0 Å². The molecule has 2 aromatic carbocycles. The molecule has 0 aliphatic carbocycles. The molecule has 0 atom stereocenters. The van der Waals surface area contributed by atoms with Gasteiger partial charge in [0, 0.05) is 114 Å². The third-order valence-electron chi connectivity index (χ3n) is 9.48. The summed E-state index contributed by atoms with van der Waals surface area (Å²) in [6.07, 6.45) is 5.92. The van der Waals surface area contributed by atoms with E-state index in [1.54, 1.807) is 6.34 Å². The third-order valence-corrected chi connectivity index (χ3v) is 9.48. The molecule has 6 heterocycles. The minimum Gasteiger partial charge on any atom is -0.362 e. The van der Waals surface area contributed by atoms with Crippen molar-refractivity contribution >= 4 is 29.4 Å². The van der Waals surface area contributed by atoms with Gasteiger partial charge in [-0.05, 0) is 32.9 Å². The first-order valence-electron chi connectivity index (χ1n) is 18.7. The van der Waals surface area contributed by atoms with E-state index in [0.29, 0.717) is 0 Å². The summed E-state index contributed by atoms with van der Waals surface area (Å²) >= 11 is 0. The molecule has 0 saturated heterocycles. The molecule has 0 spiro atoms. The maximum Gasteiger partial charge on any atom is 0.157 e. The van der Waals surface area contributed by atoms with E-state index in [-0.39, 0.29) is 0 Å². The molecule has 0 bridgehead atoms. The van der Waals surface area contributed by atoms with Crippen molar-refractivity contribution in [3.05, 3.63) is 84.0 Å². The monoisotopic (exact) mass is 760 g/mol. The molecule has 2 aromatic rings. The standard InChI is InChI=1S/C10H13N3.C9H12N2.C7H14N2.C5H11N3.C5H10N2.C4H9N3/c1-12-8-13(2)11-10(12)9-6-4-3-5-7-9;1-10-7-11(2)9-6-4-3-5-8(9)10;1-6-7(2)9(4)5-8(6)3;1-5-6-8(3)4-7(5)2;1-6-3-4-7(2)5-6;1-6-3-5-7(2)4-6/h3-7H,8H2,1-2H3;3-6H,7H2,1-2H3;5H2,1-4H3;4H2,1-3H3;3-4H,5H2,1-2H3;3H,4H2,1-2H3. The van der Waals surface area contributed by atoms with Crippen LogP contribution in [0.4, 0.5) is 11.4 Å². The number of para-hydroxylation sites is 2. The lowest BCUT2D eigenvalue weighted by Crippen LogP contribution is -2.25. The number of allylic oxidation sites excluding steroid dienone is 2. The van der Waals surface area contributed by atoms with E-state index in [1.165, 1.54) is 28.3 Å². The fraction of sp³-hybridized carbons (Fsp3) is 0.525. The van der Waals surface area contributed by atoms with Crippen molar-refractivity contribution in [3.8, 4) is 0 Å². The molecule has 0 aromatic heterocycles. The predicted molar refractivity (Wildman–Crippen MR) is 232 cm³/mol. The summed E-state index contributed by atoms with van der Waals surface area (Å²) in [6, 6.07) is 18.7. The van der Waals surface area contributed by atoms with Gasteiger partial charge in [-0.3, -0.25) is 15.0 Å². The Morgan fingerprint density at radius 2 is 0.891 bits per heavy atom. The first kappa shape index (κ1) is 43.9. The minimum atomic E-state index is 0.865. The molecule has 0 N–H and O–H groups in total. The van der Waals surface area contributed by atoms with Crippen molar-refractivity contribution in [1.82, 2.24) is 49.3 Å². The van der Waals surface area contributed by atoms with Crippen LogP contribution >= 0.6 is 0 Å². The van der Waals surface area contributed by atoms with Crippen LogP contribution in [0, 0.1) is 0 Å². The predicted octanol–water partition coefficient (Wildman–Crippen LogP) is 4.00. The van der Waals surface area contributed by atoms with Crippen molar-refractivity contribution in [1.29, 1.82) is 0 Å². The van der Waals surface area contributed by atoms with Crippen LogP contribution in [0.15, 0.2) is 93.7 Å². The molecule has 0 radical (unpaired) electrons. The molecule has 6 aliphatic rings. The van der Waals surface area contributed by atoms with Gasteiger partial charge in [-0.2, -0.15) is 15.3 Å². The number of hydrazone groups is 3. The smallest absolute Gasteiger partial charge is 0.157 e. The number of benzene rings is 2. The molecule has 8 rings (SSSR count). The highest BCUT2D eigenvalue weighted by atomic mass is 15.6. The largest absolute Gasteiger partial charge is 0.362 e. The van der Waals surface area contributed by atoms with Crippen LogP contribution in [0.25, 0.3) is 0 Å².